The molecule has 0 radical (unpaired) electrons. The summed E-state index contributed by atoms with van der Waals surface area (Å²) in [6, 6.07) is 4.49. The number of hydrogen-bond acceptors (Lipinski definition) is 3. The van der Waals surface area contributed by atoms with E-state index >= 15 is 0 Å². The lowest BCUT2D eigenvalue weighted by Crippen LogP contribution is -2.19. The molecule has 1 heterocycles. The molecule has 18 heavy (non-hydrogen) atoms. The maximum atomic E-state index is 13.0. The molecule has 0 fully saturated rings. The second kappa shape index (κ2) is 5.89. The van der Waals surface area contributed by atoms with Gasteiger partial charge >= 0.3 is 0 Å². The summed E-state index contributed by atoms with van der Waals surface area (Å²) in [5.41, 5.74) is 1.86. The van der Waals surface area contributed by atoms with Crippen molar-refractivity contribution in [3.05, 3.63) is 58.9 Å². The van der Waals surface area contributed by atoms with Crippen molar-refractivity contribution >= 4 is 11.6 Å². The van der Waals surface area contributed by atoms with Gasteiger partial charge in [0, 0.05) is 29.0 Å². The lowest BCUT2D eigenvalue weighted by atomic mass is 10.0. The molecule has 94 valence electrons. The molecule has 0 aliphatic heterocycles. The number of likely N-dealkylation sites (N-methyl/N-ethyl adjacent to an activating group) is 1. The van der Waals surface area contributed by atoms with Gasteiger partial charge in [-0.3, -0.25) is 0 Å². The first-order valence-corrected chi connectivity index (χ1v) is 5.94. The van der Waals surface area contributed by atoms with E-state index in [1.807, 2.05) is 7.05 Å². The number of halogens is 2. The number of rotatable bonds is 4. The van der Waals surface area contributed by atoms with E-state index in [9.17, 15) is 4.39 Å². The number of benzene rings is 1. The van der Waals surface area contributed by atoms with Crippen molar-refractivity contribution in [2.45, 2.75) is 12.5 Å². The van der Waals surface area contributed by atoms with Crippen LogP contribution in [0.15, 0.2) is 36.9 Å². The zero-order valence-electron chi connectivity index (χ0n) is 9.90. The number of hydrogen-bond donors (Lipinski definition) is 1. The van der Waals surface area contributed by atoms with Gasteiger partial charge in [0.2, 0.25) is 0 Å². The van der Waals surface area contributed by atoms with Crippen LogP contribution in [0.25, 0.3) is 0 Å². The third kappa shape index (κ3) is 3.03. The average molecular weight is 266 g/mol. The van der Waals surface area contributed by atoms with Gasteiger partial charge in [-0.05, 0) is 31.2 Å². The smallest absolute Gasteiger partial charge is 0.124 e. The van der Waals surface area contributed by atoms with Crippen molar-refractivity contribution in [2.75, 3.05) is 7.05 Å². The van der Waals surface area contributed by atoms with Crippen molar-refractivity contribution in [1.82, 2.24) is 15.3 Å². The molecule has 5 heteroatoms. The Morgan fingerprint density at radius 1 is 1.33 bits per heavy atom. The van der Waals surface area contributed by atoms with E-state index in [0.29, 0.717) is 11.4 Å². The zero-order chi connectivity index (χ0) is 13.0. The first-order valence-electron chi connectivity index (χ1n) is 5.57. The standard InChI is InChI=1S/C13H13ClFN3/c1-16-13(10-6-17-8-18-7-10)4-9-2-3-11(15)5-12(9)14/h2-3,5-8,13,16H,4H2,1H3. The zero-order valence-corrected chi connectivity index (χ0v) is 10.7. The molecule has 1 atom stereocenters. The molecule has 0 aliphatic carbocycles. The van der Waals surface area contributed by atoms with Gasteiger partial charge in [0.1, 0.15) is 12.1 Å². The van der Waals surface area contributed by atoms with E-state index in [0.717, 1.165) is 11.1 Å². The minimum absolute atomic E-state index is 0.0501. The summed E-state index contributed by atoms with van der Waals surface area (Å²) in [5.74, 6) is -0.326. The molecule has 0 aliphatic rings. The van der Waals surface area contributed by atoms with Crippen LogP contribution in [0.5, 0.6) is 0 Å². The fourth-order valence-electron chi connectivity index (χ4n) is 1.78. The van der Waals surface area contributed by atoms with Crippen LogP contribution in [0.3, 0.4) is 0 Å². The second-order valence-electron chi connectivity index (χ2n) is 3.95. The molecule has 1 aromatic carbocycles. The predicted octanol–water partition coefficient (Wildman–Crippen LogP) is 2.77. The topological polar surface area (TPSA) is 37.8 Å². The van der Waals surface area contributed by atoms with Gasteiger partial charge in [0.15, 0.2) is 0 Å². The van der Waals surface area contributed by atoms with E-state index in [4.69, 9.17) is 11.6 Å². The van der Waals surface area contributed by atoms with Gasteiger partial charge < -0.3 is 5.32 Å². The highest BCUT2D eigenvalue weighted by Gasteiger charge is 2.13. The summed E-state index contributed by atoms with van der Waals surface area (Å²) in [7, 11) is 1.86. The lowest BCUT2D eigenvalue weighted by Gasteiger charge is -2.16. The highest BCUT2D eigenvalue weighted by molar-refractivity contribution is 6.31. The highest BCUT2D eigenvalue weighted by Crippen LogP contribution is 2.23. The van der Waals surface area contributed by atoms with Crippen LogP contribution < -0.4 is 5.32 Å². The van der Waals surface area contributed by atoms with Crippen LogP contribution >= 0.6 is 11.6 Å². The van der Waals surface area contributed by atoms with Gasteiger partial charge in [-0.2, -0.15) is 0 Å². The molecule has 0 amide bonds. The SMILES string of the molecule is CNC(Cc1ccc(F)cc1Cl)c1cncnc1. The van der Waals surface area contributed by atoms with Crippen LogP contribution in [0.1, 0.15) is 17.2 Å². The van der Waals surface area contributed by atoms with Crippen molar-refractivity contribution in [2.24, 2.45) is 0 Å². The van der Waals surface area contributed by atoms with Crippen LogP contribution in [0, 0.1) is 5.82 Å². The highest BCUT2D eigenvalue weighted by atomic mass is 35.5. The first kappa shape index (κ1) is 12.9. The van der Waals surface area contributed by atoms with E-state index in [-0.39, 0.29) is 11.9 Å². The van der Waals surface area contributed by atoms with Crippen LogP contribution in [0.4, 0.5) is 4.39 Å². The maximum absolute atomic E-state index is 13.0. The van der Waals surface area contributed by atoms with Gasteiger partial charge in [-0.15, -0.1) is 0 Å². The Morgan fingerprint density at radius 3 is 2.67 bits per heavy atom. The second-order valence-corrected chi connectivity index (χ2v) is 4.36. The summed E-state index contributed by atoms with van der Waals surface area (Å²) in [6.45, 7) is 0. The first-order chi connectivity index (χ1) is 8.70. The van der Waals surface area contributed by atoms with E-state index in [2.05, 4.69) is 15.3 Å². The molecule has 0 spiro atoms. The summed E-state index contributed by atoms with van der Waals surface area (Å²) in [5, 5.41) is 3.61. The number of aromatic nitrogens is 2. The molecular formula is C13H13ClFN3. The molecule has 1 aromatic heterocycles. The third-order valence-corrected chi connectivity index (χ3v) is 3.12. The lowest BCUT2D eigenvalue weighted by molar-refractivity contribution is 0.584. The molecule has 0 saturated heterocycles. The summed E-state index contributed by atoms with van der Waals surface area (Å²) < 4.78 is 13.0. The molecule has 2 rings (SSSR count). The fraction of sp³-hybridized carbons (Fsp3) is 0.231. The van der Waals surface area contributed by atoms with Crippen LogP contribution in [-0.2, 0) is 6.42 Å². The molecular weight excluding hydrogens is 253 g/mol. The van der Waals surface area contributed by atoms with Gasteiger partial charge in [0.05, 0.1) is 0 Å². The van der Waals surface area contributed by atoms with Crippen LogP contribution in [-0.4, -0.2) is 17.0 Å². The normalized spacial score (nSPS) is 12.4. The molecule has 1 N–H and O–H groups in total. The Bertz CT molecular complexity index is 519. The van der Waals surface area contributed by atoms with Gasteiger partial charge in [-0.1, -0.05) is 17.7 Å². The third-order valence-electron chi connectivity index (χ3n) is 2.77. The Morgan fingerprint density at radius 2 is 2.06 bits per heavy atom. The largest absolute Gasteiger partial charge is 0.313 e. The Kier molecular flexibility index (Phi) is 4.23. The Balaban J connectivity index is 2.21. The summed E-state index contributed by atoms with van der Waals surface area (Å²) in [4.78, 5) is 7.98. The fourth-order valence-corrected chi connectivity index (χ4v) is 2.03. The van der Waals surface area contributed by atoms with Gasteiger partial charge in [-0.25, -0.2) is 14.4 Å². The van der Waals surface area contributed by atoms with Crippen molar-refractivity contribution in [3.63, 3.8) is 0 Å². The summed E-state index contributed by atoms with van der Waals surface area (Å²) >= 11 is 6.02. The molecule has 3 nitrogen and oxygen atoms in total. The quantitative estimate of drug-likeness (QED) is 0.924. The summed E-state index contributed by atoms with van der Waals surface area (Å²) in [6.07, 6.45) is 5.65. The number of nitrogens with one attached hydrogen (secondary N) is 1. The number of nitrogens with zero attached hydrogens (tertiary/aromatic N) is 2. The minimum Gasteiger partial charge on any atom is -0.313 e. The minimum atomic E-state index is -0.326. The molecule has 0 saturated carbocycles. The molecule has 1 unspecified atom stereocenters. The molecule has 2 aromatic rings. The van der Waals surface area contributed by atoms with Crippen molar-refractivity contribution < 1.29 is 4.39 Å². The van der Waals surface area contributed by atoms with E-state index < -0.39 is 0 Å². The van der Waals surface area contributed by atoms with Crippen molar-refractivity contribution in [3.8, 4) is 0 Å². The predicted molar refractivity (Wildman–Crippen MR) is 68.9 cm³/mol. The van der Waals surface area contributed by atoms with Gasteiger partial charge in [0.25, 0.3) is 0 Å². The van der Waals surface area contributed by atoms with Crippen LogP contribution in [0.2, 0.25) is 5.02 Å². The Labute approximate surface area is 110 Å². The van der Waals surface area contributed by atoms with Crippen molar-refractivity contribution in [1.29, 1.82) is 0 Å². The van der Waals surface area contributed by atoms with E-state index in [1.54, 1.807) is 18.5 Å². The Hall–Kier alpha value is -1.52. The molecule has 0 bridgehead atoms. The van der Waals surface area contributed by atoms with E-state index in [1.165, 1.54) is 18.5 Å². The average Bonchev–Trinajstić information content (AvgIpc) is 2.39. The maximum Gasteiger partial charge on any atom is 0.124 e. The monoisotopic (exact) mass is 265 g/mol.